The second kappa shape index (κ2) is 48.6. The third kappa shape index (κ3) is 27.8. The number of benzene rings is 5. The number of nitrogens with two attached hydrogens (primary N) is 3. The number of thioether (sulfide) groups is 3. The lowest BCUT2D eigenvalue weighted by molar-refractivity contribution is -0.136. The summed E-state index contributed by atoms with van der Waals surface area (Å²) in [6, 6.07) is 21.9. The van der Waals surface area contributed by atoms with Gasteiger partial charge in [0.1, 0.15) is 72.5 Å². The largest absolute Gasteiger partial charge is 0.394 e. The fourth-order valence-electron chi connectivity index (χ4n) is 14.3. The number of aliphatic hydroxyl groups is 1. The number of rotatable bonds is 51. The van der Waals surface area contributed by atoms with Gasteiger partial charge < -0.3 is 106 Å². The summed E-state index contributed by atoms with van der Waals surface area (Å²) in [5.74, 6) is -10.2. The van der Waals surface area contributed by atoms with E-state index in [1.807, 2.05) is 97.4 Å². The van der Waals surface area contributed by atoms with Gasteiger partial charge in [0.2, 0.25) is 76.8 Å². The number of fused-ring (bicyclic) bond motifs is 4. The highest BCUT2D eigenvalue weighted by Gasteiger charge is 2.39. The van der Waals surface area contributed by atoms with E-state index in [0.717, 1.165) is 21.8 Å². The van der Waals surface area contributed by atoms with E-state index in [0.29, 0.717) is 79.7 Å². The molecule has 0 unspecified atom stereocenters. The topological polar surface area (TPSA) is 528 Å². The highest BCUT2D eigenvalue weighted by Crippen LogP contribution is 2.26. The number of aromatic nitrogens is 4. The molecular formula is C87H113N19O14S4. The predicted molar refractivity (Wildman–Crippen MR) is 487 cm³/mol. The molecule has 0 bridgehead atoms. The summed E-state index contributed by atoms with van der Waals surface area (Å²) in [6.45, 7) is 2.23. The lowest BCUT2D eigenvalue weighted by Gasteiger charge is -2.29. The van der Waals surface area contributed by atoms with Crippen molar-refractivity contribution >= 4 is 168 Å². The van der Waals surface area contributed by atoms with Gasteiger partial charge in [-0.15, -0.1) is 0 Å². The summed E-state index contributed by atoms with van der Waals surface area (Å²) in [5.41, 5.74) is 23.5. The maximum Gasteiger partial charge on any atom is 0.244 e. The highest BCUT2D eigenvalue weighted by atomic mass is 32.2. The molecule has 5 aromatic carbocycles. The SMILES string of the molecule is CSCC[C@H](NC(=O)[C@H](Cc1c[nH]c2ccccc12)NC(=O)[C@H](CCSC)NC(=O)[C@H](Cc1c[nH]c2ccccc12)NC(=O)[C@@H](NC(=O)[C@H](Cc1c[nH]c2ccccc12)NC(=O)[C@H](Cc1c[nH]c2ccccc12)NC(=O)[C@H](CCSC)NC(=O)[C@H](CCCCN)NC(=O)[C@H](CS)NC(=O)CNC(=O)[C@H](Cc1ccccc1)NC(=O)[C@@H](N)CO)C(C)C)C(N)=O. The first-order chi connectivity index (χ1) is 59.7. The molecule has 4 heterocycles. The number of para-hydroxylation sites is 4. The maximum absolute atomic E-state index is 15.7. The van der Waals surface area contributed by atoms with Crippen LogP contribution in [0.2, 0.25) is 0 Å². The van der Waals surface area contributed by atoms with Gasteiger partial charge in [0, 0.05) is 106 Å². The second-order valence-electron chi connectivity index (χ2n) is 30.6. The number of carbonyl (C=O) groups is 13. The monoisotopic (exact) mass is 1780 g/mol. The molecule has 0 spiro atoms. The number of amides is 13. The van der Waals surface area contributed by atoms with Gasteiger partial charge in [-0.3, -0.25) is 62.3 Å². The zero-order valence-corrected chi connectivity index (χ0v) is 73.2. The fourth-order valence-corrected chi connectivity index (χ4v) is 16.0. The van der Waals surface area contributed by atoms with Crippen molar-refractivity contribution in [1.82, 2.24) is 83.7 Å². The van der Waals surface area contributed by atoms with Crippen molar-refractivity contribution in [2.45, 2.75) is 157 Å². The van der Waals surface area contributed by atoms with E-state index in [2.05, 4.69) is 96.4 Å². The number of hydrogen-bond donors (Lipinski definition) is 21. The first-order valence-electron chi connectivity index (χ1n) is 41.0. The molecule has 9 rings (SSSR count). The molecule has 124 heavy (non-hydrogen) atoms. The zero-order chi connectivity index (χ0) is 89.4. The number of thiol groups is 1. The van der Waals surface area contributed by atoms with Crippen LogP contribution >= 0.6 is 47.9 Å². The standard InChI is InChI=1S/C87H113N19O14S4/c1-49(2)75(87(120)105-71(40-53-44-93-62-27-15-11-23-57(53)62)83(116)100-67(32-36-124-5)81(114)102-69(82(115)97-64(76(90)109)30-34-122-3)38-51-42-91-60-25-13-9-21-55(51)60)106-85(118)72(41-54-45-94-63-28-16-12-24-58(54)63)104-84(117)70(39-52-43-92-61-26-14-10-22-56(52)61)103-80(113)66(31-35-123-4)99-79(112)65(29-17-18-33-88)98-86(119)73(48-121)96-74(108)46-95-78(111)68(101-77(110)59(89)47-107)37-50-19-7-6-8-20-50/h6-16,19-28,42-45,49,59,64-73,75,91-94,107,121H,17-18,29-41,46-48,88-89H2,1-5H3,(H2,90,109)(H,95,111)(H,96,108)(H,97,115)(H,98,119)(H,99,112)(H,100,116)(H,101,110)(H,102,114)(H,103,113)(H,104,117)(H,105,120)(H,106,118)/t59-,64-,65-,66-,67-,68-,69-,70-,71-,72-,73-,75-/m0/s1. The first-order valence-corrected chi connectivity index (χ1v) is 45.8. The molecular weight excluding hydrogens is 1660 g/mol. The molecule has 0 fully saturated rings. The van der Waals surface area contributed by atoms with Crippen molar-refractivity contribution in [3.63, 3.8) is 0 Å². The number of carbonyl (C=O) groups excluding carboxylic acids is 13. The van der Waals surface area contributed by atoms with E-state index < -0.39 is 168 Å². The number of hydrogen-bond acceptors (Lipinski definition) is 20. The predicted octanol–water partition coefficient (Wildman–Crippen LogP) is 2.35. The summed E-state index contributed by atoms with van der Waals surface area (Å²) >= 11 is 8.56. The first kappa shape index (κ1) is 96.5. The quantitative estimate of drug-likeness (QED) is 0.0192. The third-order valence-corrected chi connectivity index (χ3v) is 23.5. The Balaban J connectivity index is 0.962. The second-order valence-corrected chi connectivity index (χ2v) is 33.9. The Morgan fingerprint density at radius 3 is 1.07 bits per heavy atom. The maximum atomic E-state index is 15.7. The van der Waals surface area contributed by atoms with Gasteiger partial charge in [-0.2, -0.15) is 47.9 Å². The van der Waals surface area contributed by atoms with Gasteiger partial charge in [0.15, 0.2) is 0 Å². The van der Waals surface area contributed by atoms with E-state index in [4.69, 9.17) is 17.2 Å². The Bertz CT molecular complexity index is 5140. The van der Waals surface area contributed by atoms with Crippen LogP contribution in [0.3, 0.4) is 0 Å². The van der Waals surface area contributed by atoms with Gasteiger partial charge in [-0.1, -0.05) is 117 Å². The fraction of sp³-hybridized carbons (Fsp3) is 0.414. The van der Waals surface area contributed by atoms with Crippen LogP contribution in [-0.4, -0.2) is 236 Å². The average Bonchev–Trinajstić information content (AvgIpc) is 1.64. The molecule has 664 valence electrons. The number of nitrogens with one attached hydrogen (secondary N) is 16. The molecule has 12 atom stereocenters. The molecule has 13 amide bonds. The van der Waals surface area contributed by atoms with Gasteiger partial charge in [0.05, 0.1) is 13.2 Å². The normalized spacial score (nSPS) is 14.3. The van der Waals surface area contributed by atoms with Crippen LogP contribution in [0.5, 0.6) is 0 Å². The van der Waals surface area contributed by atoms with Crippen LogP contribution in [0, 0.1) is 5.92 Å². The Labute approximate surface area is 736 Å². The van der Waals surface area contributed by atoms with Crippen molar-refractivity contribution in [3.05, 3.63) is 180 Å². The summed E-state index contributed by atoms with van der Waals surface area (Å²) in [6.07, 6.45) is 12.8. The Morgan fingerprint density at radius 2 is 0.702 bits per heavy atom. The third-order valence-electron chi connectivity index (χ3n) is 21.2. The minimum Gasteiger partial charge on any atom is -0.394 e. The Hall–Kier alpha value is -11.3. The van der Waals surface area contributed by atoms with Crippen LogP contribution in [0.25, 0.3) is 43.6 Å². The average molecular weight is 1780 g/mol. The van der Waals surface area contributed by atoms with E-state index in [-0.39, 0.29) is 70.1 Å². The Morgan fingerprint density at radius 1 is 0.379 bits per heavy atom. The Kier molecular flexibility index (Phi) is 37.8. The van der Waals surface area contributed by atoms with Crippen molar-refractivity contribution < 1.29 is 67.4 Å². The van der Waals surface area contributed by atoms with Crippen LogP contribution in [0.4, 0.5) is 0 Å². The molecule has 33 nitrogen and oxygen atoms in total. The van der Waals surface area contributed by atoms with Crippen LogP contribution in [0.1, 0.15) is 80.2 Å². The lowest BCUT2D eigenvalue weighted by Crippen LogP contribution is -2.62. The minimum absolute atomic E-state index is 0.00350. The van der Waals surface area contributed by atoms with Crippen molar-refractivity contribution in [2.75, 3.05) is 61.5 Å². The van der Waals surface area contributed by atoms with Gasteiger partial charge in [0.25, 0.3) is 0 Å². The molecule has 4 aromatic heterocycles. The zero-order valence-electron chi connectivity index (χ0n) is 69.8. The van der Waals surface area contributed by atoms with Crippen molar-refractivity contribution in [1.29, 1.82) is 0 Å². The number of primary amides is 1. The molecule has 0 saturated carbocycles. The highest BCUT2D eigenvalue weighted by molar-refractivity contribution is 7.99. The summed E-state index contributed by atoms with van der Waals surface area (Å²) in [7, 11) is 0. The molecule has 0 aliphatic rings. The molecule has 0 radical (unpaired) electrons. The van der Waals surface area contributed by atoms with Crippen molar-refractivity contribution in [2.24, 2.45) is 23.1 Å². The van der Waals surface area contributed by atoms with Gasteiger partial charge in [-0.05, 0) is 139 Å². The number of aliphatic hydroxyl groups excluding tert-OH is 1. The summed E-state index contributed by atoms with van der Waals surface area (Å²) < 4.78 is 0. The van der Waals surface area contributed by atoms with Crippen LogP contribution < -0.4 is 81.0 Å². The number of unbranched alkanes of at least 4 members (excludes halogenated alkanes) is 1. The van der Waals surface area contributed by atoms with Crippen LogP contribution in [-0.2, 0) is 94.4 Å². The van der Waals surface area contributed by atoms with E-state index in [9.17, 15) is 43.5 Å². The minimum atomic E-state index is -1.51. The summed E-state index contributed by atoms with van der Waals surface area (Å²) in [5, 5.41) is 45.6. The van der Waals surface area contributed by atoms with E-state index in [1.165, 1.54) is 35.3 Å². The van der Waals surface area contributed by atoms with Crippen LogP contribution in [0.15, 0.2) is 152 Å². The summed E-state index contributed by atoms with van der Waals surface area (Å²) in [4.78, 5) is 201. The molecule has 37 heteroatoms. The van der Waals surface area contributed by atoms with Gasteiger partial charge in [-0.25, -0.2) is 0 Å². The molecule has 9 aromatic rings. The molecule has 23 N–H and O–H groups in total. The van der Waals surface area contributed by atoms with Crippen molar-refractivity contribution in [3.8, 4) is 0 Å². The van der Waals surface area contributed by atoms with Gasteiger partial charge >= 0.3 is 0 Å². The number of H-pyrrole nitrogens is 4. The lowest BCUT2D eigenvalue weighted by atomic mass is 9.98. The van der Waals surface area contributed by atoms with E-state index in [1.54, 1.807) is 87.4 Å². The molecule has 0 aliphatic carbocycles. The van der Waals surface area contributed by atoms with E-state index >= 15 is 24.0 Å². The smallest absolute Gasteiger partial charge is 0.244 e. The molecule has 0 aliphatic heterocycles. The molecule has 0 saturated heterocycles. The number of aromatic amines is 4.